The first kappa shape index (κ1) is 17.5. The normalized spacial score (nSPS) is 17.7. The number of hydrogen-bond acceptors (Lipinski definition) is 7. The Hall–Kier alpha value is -2.87. The van der Waals surface area contributed by atoms with Crippen molar-refractivity contribution in [3.8, 4) is 5.75 Å². The zero-order valence-corrected chi connectivity index (χ0v) is 15.7. The molecule has 4 rings (SSSR count). The maximum absolute atomic E-state index is 5.45. The van der Waals surface area contributed by atoms with Crippen LogP contribution in [-0.2, 0) is 0 Å². The van der Waals surface area contributed by atoms with E-state index in [1.165, 1.54) is 0 Å². The van der Waals surface area contributed by atoms with Crippen molar-refractivity contribution in [2.45, 2.75) is 25.8 Å². The first-order chi connectivity index (χ1) is 13.3. The average molecular weight is 367 g/mol. The Morgan fingerprint density at radius 1 is 1.30 bits per heavy atom. The number of rotatable bonds is 5. The summed E-state index contributed by atoms with van der Waals surface area (Å²) < 4.78 is 5.45. The SMILES string of the molecule is CCC1CCN(c2ncc(OC)c(Nc3ccc4[nH]ncc4c3)n2)CCN1. The molecule has 1 fully saturated rings. The fraction of sp³-hybridized carbons (Fsp3) is 0.421. The lowest BCUT2D eigenvalue weighted by Gasteiger charge is -2.21. The number of benzene rings is 1. The molecule has 0 spiro atoms. The van der Waals surface area contributed by atoms with Crippen molar-refractivity contribution >= 4 is 28.4 Å². The molecule has 3 aromatic rings. The van der Waals surface area contributed by atoms with Gasteiger partial charge in [0.15, 0.2) is 11.6 Å². The van der Waals surface area contributed by atoms with E-state index in [9.17, 15) is 0 Å². The van der Waals surface area contributed by atoms with Gasteiger partial charge in [-0.2, -0.15) is 10.1 Å². The van der Waals surface area contributed by atoms with Crippen LogP contribution in [-0.4, -0.2) is 53.0 Å². The third-order valence-corrected chi connectivity index (χ3v) is 5.00. The van der Waals surface area contributed by atoms with E-state index in [-0.39, 0.29) is 0 Å². The van der Waals surface area contributed by atoms with E-state index in [1.807, 2.05) is 18.2 Å². The van der Waals surface area contributed by atoms with Crippen LogP contribution in [0.1, 0.15) is 19.8 Å². The summed E-state index contributed by atoms with van der Waals surface area (Å²) in [5, 5.41) is 15.0. The molecule has 1 aliphatic heterocycles. The summed E-state index contributed by atoms with van der Waals surface area (Å²) in [7, 11) is 1.63. The van der Waals surface area contributed by atoms with Crippen molar-refractivity contribution in [3.63, 3.8) is 0 Å². The standard InChI is InChI=1S/C19H25N7O/c1-3-14-6-8-26(9-7-20-14)19-21-12-17(27-2)18(24-19)23-15-4-5-16-13(10-15)11-22-25-16/h4-5,10-12,14,20H,3,6-9H2,1-2H3,(H,22,25)(H,21,23,24). The minimum atomic E-state index is 0.563. The molecule has 1 aromatic carbocycles. The van der Waals surface area contributed by atoms with Crippen LogP contribution >= 0.6 is 0 Å². The van der Waals surface area contributed by atoms with Gasteiger partial charge in [-0.15, -0.1) is 0 Å². The van der Waals surface area contributed by atoms with Crippen molar-refractivity contribution in [3.05, 3.63) is 30.6 Å². The number of ether oxygens (including phenoxy) is 1. The molecular formula is C19H25N7O. The highest BCUT2D eigenvalue weighted by molar-refractivity contribution is 5.83. The maximum atomic E-state index is 5.45. The molecule has 27 heavy (non-hydrogen) atoms. The molecule has 3 heterocycles. The number of nitrogens with zero attached hydrogens (tertiary/aromatic N) is 4. The highest BCUT2D eigenvalue weighted by Crippen LogP contribution is 2.28. The van der Waals surface area contributed by atoms with Crippen LogP contribution in [0.4, 0.5) is 17.5 Å². The number of methoxy groups -OCH3 is 1. The van der Waals surface area contributed by atoms with Gasteiger partial charge in [-0.3, -0.25) is 5.10 Å². The van der Waals surface area contributed by atoms with Crippen LogP contribution in [0.3, 0.4) is 0 Å². The largest absolute Gasteiger partial charge is 0.491 e. The van der Waals surface area contributed by atoms with Crippen molar-refractivity contribution in [2.75, 3.05) is 37.0 Å². The zero-order valence-electron chi connectivity index (χ0n) is 15.7. The summed E-state index contributed by atoms with van der Waals surface area (Å²) in [4.78, 5) is 11.5. The van der Waals surface area contributed by atoms with Crippen LogP contribution in [0.5, 0.6) is 5.75 Å². The minimum absolute atomic E-state index is 0.563. The fourth-order valence-corrected chi connectivity index (χ4v) is 3.39. The molecule has 0 saturated carbocycles. The summed E-state index contributed by atoms with van der Waals surface area (Å²) in [6, 6.07) is 6.57. The Labute approximate surface area is 158 Å². The Morgan fingerprint density at radius 3 is 3.07 bits per heavy atom. The molecule has 1 unspecified atom stereocenters. The summed E-state index contributed by atoms with van der Waals surface area (Å²) >= 11 is 0. The van der Waals surface area contributed by atoms with Crippen LogP contribution < -0.4 is 20.3 Å². The molecule has 1 aliphatic rings. The van der Waals surface area contributed by atoms with Gasteiger partial charge in [-0.05, 0) is 31.0 Å². The van der Waals surface area contributed by atoms with Crippen LogP contribution in [0.15, 0.2) is 30.6 Å². The Kier molecular flexibility index (Phi) is 5.06. The third kappa shape index (κ3) is 3.80. The predicted octanol–water partition coefficient (Wildman–Crippen LogP) is 2.68. The number of anilines is 3. The van der Waals surface area contributed by atoms with Crippen molar-refractivity contribution in [2.24, 2.45) is 0 Å². The molecule has 0 radical (unpaired) electrons. The summed E-state index contributed by atoms with van der Waals surface area (Å²) in [5.41, 5.74) is 1.92. The Bertz CT molecular complexity index is 910. The Balaban J connectivity index is 1.58. The molecular weight excluding hydrogens is 342 g/mol. The van der Waals surface area contributed by atoms with Gasteiger partial charge in [-0.25, -0.2) is 4.98 Å². The van der Waals surface area contributed by atoms with Gasteiger partial charge in [0.1, 0.15) is 0 Å². The second kappa shape index (κ2) is 7.79. The summed E-state index contributed by atoms with van der Waals surface area (Å²) in [5.74, 6) is 2.00. The first-order valence-electron chi connectivity index (χ1n) is 9.36. The molecule has 2 aromatic heterocycles. The smallest absolute Gasteiger partial charge is 0.227 e. The lowest BCUT2D eigenvalue weighted by Crippen LogP contribution is -2.30. The van der Waals surface area contributed by atoms with Crippen LogP contribution in [0.25, 0.3) is 10.9 Å². The number of aromatic amines is 1. The lowest BCUT2D eigenvalue weighted by molar-refractivity contribution is 0.413. The molecule has 8 nitrogen and oxygen atoms in total. The molecule has 0 amide bonds. The summed E-state index contributed by atoms with van der Waals surface area (Å²) in [6.45, 7) is 4.99. The van der Waals surface area contributed by atoms with E-state index in [2.05, 4.69) is 37.6 Å². The van der Waals surface area contributed by atoms with Crippen LogP contribution in [0.2, 0.25) is 0 Å². The molecule has 0 bridgehead atoms. The van der Waals surface area contributed by atoms with E-state index < -0.39 is 0 Å². The van der Waals surface area contributed by atoms with Crippen molar-refractivity contribution in [1.82, 2.24) is 25.5 Å². The van der Waals surface area contributed by atoms with Gasteiger partial charge >= 0.3 is 0 Å². The number of H-pyrrole nitrogens is 1. The van der Waals surface area contributed by atoms with Gasteiger partial charge < -0.3 is 20.3 Å². The van der Waals surface area contributed by atoms with Gasteiger partial charge in [0.05, 0.1) is 25.0 Å². The number of aromatic nitrogens is 4. The van der Waals surface area contributed by atoms with Gasteiger partial charge in [0.2, 0.25) is 5.95 Å². The van der Waals surface area contributed by atoms with Crippen molar-refractivity contribution < 1.29 is 4.74 Å². The second-order valence-corrected chi connectivity index (χ2v) is 6.72. The number of nitrogens with one attached hydrogen (secondary N) is 3. The topological polar surface area (TPSA) is 91.0 Å². The zero-order chi connectivity index (χ0) is 18.6. The second-order valence-electron chi connectivity index (χ2n) is 6.72. The monoisotopic (exact) mass is 367 g/mol. The molecule has 1 atom stereocenters. The quantitative estimate of drug-likeness (QED) is 0.639. The minimum Gasteiger partial charge on any atom is -0.491 e. The molecule has 0 aliphatic carbocycles. The molecule has 142 valence electrons. The van der Waals surface area contributed by atoms with Gasteiger partial charge in [-0.1, -0.05) is 6.92 Å². The average Bonchev–Trinajstić information content (AvgIpc) is 3.03. The van der Waals surface area contributed by atoms with E-state index in [4.69, 9.17) is 9.72 Å². The summed E-state index contributed by atoms with van der Waals surface area (Å²) in [6.07, 6.45) is 5.76. The molecule has 8 heteroatoms. The molecule has 3 N–H and O–H groups in total. The van der Waals surface area contributed by atoms with E-state index >= 15 is 0 Å². The predicted molar refractivity (Wildman–Crippen MR) is 107 cm³/mol. The maximum Gasteiger partial charge on any atom is 0.227 e. The van der Waals surface area contributed by atoms with E-state index in [0.717, 1.165) is 55.0 Å². The fourth-order valence-electron chi connectivity index (χ4n) is 3.39. The number of fused-ring (bicyclic) bond motifs is 1. The van der Waals surface area contributed by atoms with E-state index in [1.54, 1.807) is 19.5 Å². The molecule has 1 saturated heterocycles. The highest BCUT2D eigenvalue weighted by Gasteiger charge is 2.19. The van der Waals surface area contributed by atoms with Gasteiger partial charge in [0, 0.05) is 36.7 Å². The third-order valence-electron chi connectivity index (χ3n) is 5.00. The number of hydrogen-bond donors (Lipinski definition) is 3. The van der Waals surface area contributed by atoms with Crippen LogP contribution in [0, 0.1) is 0 Å². The van der Waals surface area contributed by atoms with Crippen molar-refractivity contribution in [1.29, 1.82) is 0 Å². The van der Waals surface area contributed by atoms with Gasteiger partial charge in [0.25, 0.3) is 0 Å². The lowest BCUT2D eigenvalue weighted by atomic mass is 10.1. The highest BCUT2D eigenvalue weighted by atomic mass is 16.5. The Morgan fingerprint density at radius 2 is 2.22 bits per heavy atom. The first-order valence-corrected chi connectivity index (χ1v) is 9.36. The van der Waals surface area contributed by atoms with E-state index in [0.29, 0.717) is 17.6 Å².